The average Bonchev–Trinajstić information content (AvgIpc) is 2.16. The van der Waals surface area contributed by atoms with E-state index in [0.717, 1.165) is 0 Å². The Bertz CT molecular complexity index is 362. The van der Waals surface area contributed by atoms with Crippen LogP contribution in [0, 0.1) is 0 Å². The minimum Gasteiger partial charge on any atom is -0.503 e. The van der Waals surface area contributed by atoms with E-state index >= 15 is 0 Å². The Morgan fingerprint density at radius 1 is 1.64 bits per heavy atom. The Balaban J connectivity index is 3.34. The molecule has 0 fully saturated rings. The number of hydrogen-bond donors (Lipinski definition) is 2. The van der Waals surface area contributed by atoms with Gasteiger partial charge in [-0.2, -0.15) is 0 Å². The maximum atomic E-state index is 10.6. The highest BCUT2D eigenvalue weighted by Gasteiger charge is 2.18. The van der Waals surface area contributed by atoms with E-state index in [1.807, 2.05) is 6.92 Å². The lowest BCUT2D eigenvalue weighted by molar-refractivity contribution is 0.0686. The third kappa shape index (κ3) is 1.61. The van der Waals surface area contributed by atoms with Gasteiger partial charge in [0.2, 0.25) is 0 Å². The van der Waals surface area contributed by atoms with Crippen LogP contribution >= 0.6 is 0 Å². The quantitative estimate of drug-likeness (QED) is 0.757. The topological polar surface area (TPSA) is 79.7 Å². The van der Waals surface area contributed by atoms with Crippen LogP contribution in [-0.4, -0.2) is 28.3 Å². The number of rotatable bonds is 3. The van der Waals surface area contributed by atoms with Crippen LogP contribution in [0.15, 0.2) is 6.20 Å². The molecule has 0 aliphatic rings. The molecule has 0 radical (unpaired) electrons. The number of aromatic hydroxyl groups is 1. The van der Waals surface area contributed by atoms with Crippen molar-refractivity contribution in [3.63, 3.8) is 0 Å². The Labute approximate surface area is 81.0 Å². The van der Waals surface area contributed by atoms with Gasteiger partial charge in [0.15, 0.2) is 17.2 Å². The highest BCUT2D eigenvalue weighted by Crippen LogP contribution is 2.32. The summed E-state index contributed by atoms with van der Waals surface area (Å²) in [5, 5.41) is 18.2. The number of carboxylic acids is 1. The zero-order chi connectivity index (χ0) is 10.7. The number of carboxylic acid groups (broad SMARTS) is 1. The smallest absolute Gasteiger partial charge is 0.358 e. The van der Waals surface area contributed by atoms with Crippen LogP contribution in [-0.2, 0) is 6.42 Å². The molecule has 1 aromatic heterocycles. The van der Waals surface area contributed by atoms with Gasteiger partial charge in [-0.05, 0) is 6.42 Å². The fourth-order valence-corrected chi connectivity index (χ4v) is 1.16. The number of aryl methyl sites for hydroxylation is 1. The fraction of sp³-hybridized carbons (Fsp3) is 0.333. The van der Waals surface area contributed by atoms with Gasteiger partial charge in [0.05, 0.1) is 7.11 Å². The van der Waals surface area contributed by atoms with Gasteiger partial charge in [0.25, 0.3) is 0 Å². The van der Waals surface area contributed by atoms with Crippen LogP contribution in [0.1, 0.15) is 23.0 Å². The Kier molecular flexibility index (Phi) is 2.91. The summed E-state index contributed by atoms with van der Waals surface area (Å²) in [6.07, 6.45) is 2.01. The first kappa shape index (κ1) is 10.3. The van der Waals surface area contributed by atoms with Crippen molar-refractivity contribution in [2.45, 2.75) is 13.3 Å². The van der Waals surface area contributed by atoms with Gasteiger partial charge in [0.1, 0.15) is 0 Å². The normalized spacial score (nSPS) is 9.86. The number of methoxy groups -OCH3 is 1. The standard InChI is InChI=1S/C9H11NO4/c1-3-5-4-10-6(9(12)13)7(11)8(5)14-2/h4,11H,3H2,1-2H3,(H,12,13). The van der Waals surface area contributed by atoms with E-state index in [4.69, 9.17) is 9.84 Å². The van der Waals surface area contributed by atoms with Crippen LogP contribution in [0.5, 0.6) is 11.5 Å². The van der Waals surface area contributed by atoms with E-state index < -0.39 is 11.7 Å². The molecule has 0 saturated carbocycles. The van der Waals surface area contributed by atoms with E-state index in [1.165, 1.54) is 13.3 Å². The molecular weight excluding hydrogens is 186 g/mol. The van der Waals surface area contributed by atoms with E-state index in [2.05, 4.69) is 4.98 Å². The van der Waals surface area contributed by atoms with E-state index in [1.54, 1.807) is 0 Å². The predicted molar refractivity (Wildman–Crippen MR) is 48.8 cm³/mol. The summed E-state index contributed by atoms with van der Waals surface area (Å²) in [4.78, 5) is 14.2. The maximum absolute atomic E-state index is 10.6. The molecule has 0 atom stereocenters. The molecule has 0 bridgehead atoms. The average molecular weight is 197 g/mol. The van der Waals surface area contributed by atoms with E-state index in [-0.39, 0.29) is 11.4 Å². The molecule has 5 heteroatoms. The lowest BCUT2D eigenvalue weighted by Crippen LogP contribution is -2.03. The third-order valence-corrected chi connectivity index (χ3v) is 1.87. The molecule has 0 spiro atoms. The first-order valence-corrected chi connectivity index (χ1v) is 4.09. The molecule has 0 unspecified atom stereocenters. The second kappa shape index (κ2) is 3.95. The molecule has 2 N–H and O–H groups in total. The number of carbonyl (C=O) groups is 1. The molecule has 14 heavy (non-hydrogen) atoms. The number of ether oxygens (including phenoxy) is 1. The maximum Gasteiger partial charge on any atom is 0.358 e. The lowest BCUT2D eigenvalue weighted by atomic mass is 10.1. The molecule has 5 nitrogen and oxygen atoms in total. The zero-order valence-electron chi connectivity index (χ0n) is 7.94. The van der Waals surface area contributed by atoms with Crippen molar-refractivity contribution in [3.05, 3.63) is 17.5 Å². The first-order valence-electron chi connectivity index (χ1n) is 4.09. The van der Waals surface area contributed by atoms with Crippen LogP contribution < -0.4 is 4.74 Å². The third-order valence-electron chi connectivity index (χ3n) is 1.87. The summed E-state index contributed by atoms with van der Waals surface area (Å²) in [6, 6.07) is 0. The molecule has 1 heterocycles. The number of aromatic nitrogens is 1. The second-order valence-electron chi connectivity index (χ2n) is 2.67. The summed E-state index contributed by atoms with van der Waals surface area (Å²) in [6.45, 7) is 1.86. The highest BCUT2D eigenvalue weighted by molar-refractivity contribution is 5.89. The lowest BCUT2D eigenvalue weighted by Gasteiger charge is -2.09. The molecule has 0 aromatic carbocycles. The first-order chi connectivity index (χ1) is 6.61. The summed E-state index contributed by atoms with van der Waals surface area (Å²) < 4.78 is 4.90. The molecular formula is C9H11NO4. The van der Waals surface area contributed by atoms with Gasteiger partial charge >= 0.3 is 5.97 Å². The van der Waals surface area contributed by atoms with Crippen molar-refractivity contribution in [2.24, 2.45) is 0 Å². The monoisotopic (exact) mass is 197 g/mol. The predicted octanol–water partition coefficient (Wildman–Crippen LogP) is 1.06. The molecule has 0 amide bonds. The molecule has 0 aliphatic carbocycles. The number of pyridine rings is 1. The Morgan fingerprint density at radius 3 is 2.71 bits per heavy atom. The van der Waals surface area contributed by atoms with E-state index in [0.29, 0.717) is 12.0 Å². The van der Waals surface area contributed by atoms with Crippen molar-refractivity contribution in [1.29, 1.82) is 0 Å². The minimum atomic E-state index is -1.27. The fourth-order valence-electron chi connectivity index (χ4n) is 1.16. The SMILES string of the molecule is CCc1cnc(C(=O)O)c(O)c1OC. The zero-order valence-corrected chi connectivity index (χ0v) is 7.94. The van der Waals surface area contributed by atoms with Gasteiger partial charge < -0.3 is 14.9 Å². The molecule has 0 saturated heterocycles. The summed E-state index contributed by atoms with van der Waals surface area (Å²) in [5.41, 5.74) is 0.286. The van der Waals surface area contributed by atoms with Gasteiger partial charge in [-0.1, -0.05) is 6.92 Å². The molecule has 0 aliphatic heterocycles. The summed E-state index contributed by atoms with van der Waals surface area (Å²) in [7, 11) is 1.37. The number of aromatic carboxylic acids is 1. The number of hydrogen-bond acceptors (Lipinski definition) is 4. The van der Waals surface area contributed by atoms with Crippen LogP contribution in [0.25, 0.3) is 0 Å². The summed E-state index contributed by atoms with van der Waals surface area (Å²) >= 11 is 0. The van der Waals surface area contributed by atoms with Gasteiger partial charge in [-0.3, -0.25) is 0 Å². The van der Waals surface area contributed by atoms with Crippen molar-refractivity contribution in [3.8, 4) is 11.5 Å². The van der Waals surface area contributed by atoms with Gasteiger partial charge in [0, 0.05) is 11.8 Å². The largest absolute Gasteiger partial charge is 0.503 e. The van der Waals surface area contributed by atoms with Crippen molar-refractivity contribution in [1.82, 2.24) is 4.98 Å². The second-order valence-corrected chi connectivity index (χ2v) is 2.67. The van der Waals surface area contributed by atoms with Crippen molar-refractivity contribution in [2.75, 3.05) is 7.11 Å². The van der Waals surface area contributed by atoms with Crippen LogP contribution in [0.4, 0.5) is 0 Å². The van der Waals surface area contributed by atoms with Crippen LogP contribution in [0.3, 0.4) is 0 Å². The Hall–Kier alpha value is -1.78. The van der Waals surface area contributed by atoms with Gasteiger partial charge in [-0.15, -0.1) is 0 Å². The van der Waals surface area contributed by atoms with Crippen LogP contribution in [0.2, 0.25) is 0 Å². The van der Waals surface area contributed by atoms with Crippen molar-refractivity contribution < 1.29 is 19.7 Å². The van der Waals surface area contributed by atoms with Gasteiger partial charge in [-0.25, -0.2) is 9.78 Å². The summed E-state index contributed by atoms with van der Waals surface area (Å²) in [5.74, 6) is -1.51. The highest BCUT2D eigenvalue weighted by atomic mass is 16.5. The molecule has 1 rings (SSSR count). The van der Waals surface area contributed by atoms with E-state index in [9.17, 15) is 9.90 Å². The molecule has 76 valence electrons. The number of nitrogens with zero attached hydrogens (tertiary/aromatic N) is 1. The minimum absolute atomic E-state index is 0.180. The van der Waals surface area contributed by atoms with Crippen molar-refractivity contribution >= 4 is 5.97 Å². The molecule has 1 aromatic rings. The Morgan fingerprint density at radius 2 is 2.29 bits per heavy atom.